The number of hydrogen-bond acceptors (Lipinski definition) is 5. The Bertz CT molecular complexity index is 1580. The number of aromatic nitrogens is 4. The van der Waals surface area contributed by atoms with Gasteiger partial charge in [-0.15, -0.1) is 10.2 Å². The lowest BCUT2D eigenvalue weighted by molar-refractivity contribution is 0.0951. The van der Waals surface area contributed by atoms with Gasteiger partial charge in [-0.3, -0.25) is 18.6 Å². The van der Waals surface area contributed by atoms with E-state index in [2.05, 4.69) is 20.8 Å². The minimum absolute atomic E-state index is 0.0851. The molecule has 0 radical (unpaired) electrons. The molecule has 0 aliphatic rings. The average molecular weight is 467 g/mol. The minimum Gasteiger partial charge on any atom is -0.377 e. The summed E-state index contributed by atoms with van der Waals surface area (Å²) in [4.78, 5) is 25.8. The number of nitrogens with one attached hydrogen (secondary N) is 2. The fraction of sp³-hybridized carbons (Fsp3) is 0.185. The Morgan fingerprint density at radius 2 is 1.66 bits per heavy atom. The van der Waals surface area contributed by atoms with E-state index >= 15 is 0 Å². The Labute approximate surface area is 202 Å². The van der Waals surface area contributed by atoms with Crippen LogP contribution in [0.15, 0.2) is 77.6 Å². The van der Waals surface area contributed by atoms with Gasteiger partial charge in [0.05, 0.1) is 23.0 Å². The SMILES string of the molecule is CCn1c(=O)c2ccccc2n2c(CNc3ccccc3C(=O)NCc3ccc(C)cc3)nnc12. The fourth-order valence-corrected chi connectivity index (χ4v) is 4.21. The van der Waals surface area contributed by atoms with Crippen LogP contribution >= 0.6 is 0 Å². The van der Waals surface area contributed by atoms with Crippen LogP contribution in [0.1, 0.15) is 34.2 Å². The van der Waals surface area contributed by atoms with Crippen LogP contribution in [0, 0.1) is 6.92 Å². The predicted octanol–water partition coefficient (Wildman–Crippen LogP) is 3.91. The number of rotatable bonds is 7. The summed E-state index contributed by atoms with van der Waals surface area (Å²) in [5.74, 6) is 0.982. The first-order valence-corrected chi connectivity index (χ1v) is 11.6. The lowest BCUT2D eigenvalue weighted by Crippen LogP contribution is -2.24. The van der Waals surface area contributed by atoms with E-state index in [0.717, 1.165) is 11.1 Å². The number of fused-ring (bicyclic) bond motifs is 3. The summed E-state index contributed by atoms with van der Waals surface area (Å²) in [7, 11) is 0. The highest BCUT2D eigenvalue weighted by Crippen LogP contribution is 2.19. The van der Waals surface area contributed by atoms with Crippen molar-refractivity contribution in [2.75, 3.05) is 5.32 Å². The number of benzene rings is 3. The molecule has 0 atom stereocenters. The zero-order valence-electron chi connectivity index (χ0n) is 19.7. The zero-order valence-corrected chi connectivity index (χ0v) is 19.7. The van der Waals surface area contributed by atoms with Crippen molar-refractivity contribution >= 4 is 28.3 Å². The van der Waals surface area contributed by atoms with Gasteiger partial charge < -0.3 is 10.6 Å². The van der Waals surface area contributed by atoms with Crippen molar-refractivity contribution in [2.45, 2.75) is 33.5 Å². The lowest BCUT2D eigenvalue weighted by Gasteiger charge is -2.13. The highest BCUT2D eigenvalue weighted by Gasteiger charge is 2.16. The number of carbonyl (C=O) groups is 1. The van der Waals surface area contributed by atoms with Crippen molar-refractivity contribution in [3.05, 3.63) is 106 Å². The maximum absolute atomic E-state index is 13.0. The Morgan fingerprint density at radius 1 is 0.914 bits per heavy atom. The first-order chi connectivity index (χ1) is 17.1. The Kier molecular flexibility index (Phi) is 6.01. The molecule has 0 aliphatic heterocycles. The molecule has 0 unspecified atom stereocenters. The van der Waals surface area contributed by atoms with E-state index in [0.29, 0.717) is 47.9 Å². The summed E-state index contributed by atoms with van der Waals surface area (Å²) in [5, 5.41) is 15.6. The van der Waals surface area contributed by atoms with Crippen molar-refractivity contribution in [3.63, 3.8) is 0 Å². The fourth-order valence-electron chi connectivity index (χ4n) is 4.21. The van der Waals surface area contributed by atoms with E-state index in [1.807, 2.05) is 85.0 Å². The quantitative estimate of drug-likeness (QED) is 0.379. The molecule has 0 saturated carbocycles. The van der Waals surface area contributed by atoms with Crippen LogP contribution in [0.2, 0.25) is 0 Å². The molecule has 5 rings (SSSR count). The predicted molar refractivity (Wildman–Crippen MR) is 137 cm³/mol. The second-order valence-corrected chi connectivity index (χ2v) is 8.39. The number of anilines is 1. The van der Waals surface area contributed by atoms with Crippen molar-refractivity contribution < 1.29 is 4.79 Å². The number of carbonyl (C=O) groups excluding carboxylic acids is 1. The molecular weight excluding hydrogens is 440 g/mol. The van der Waals surface area contributed by atoms with Crippen LogP contribution in [0.5, 0.6) is 0 Å². The number of nitrogens with zero attached hydrogens (tertiary/aromatic N) is 4. The molecule has 2 N–H and O–H groups in total. The second kappa shape index (κ2) is 9.42. The van der Waals surface area contributed by atoms with Gasteiger partial charge in [0, 0.05) is 18.8 Å². The number of para-hydroxylation sites is 2. The summed E-state index contributed by atoms with van der Waals surface area (Å²) in [5.41, 5.74) is 4.13. The van der Waals surface area contributed by atoms with E-state index in [1.165, 1.54) is 5.56 Å². The number of amides is 1. The molecule has 5 aromatic rings. The van der Waals surface area contributed by atoms with E-state index < -0.39 is 0 Å². The molecule has 176 valence electrons. The Balaban J connectivity index is 1.41. The van der Waals surface area contributed by atoms with Gasteiger partial charge in [0.1, 0.15) is 0 Å². The van der Waals surface area contributed by atoms with Crippen molar-refractivity contribution in [3.8, 4) is 0 Å². The van der Waals surface area contributed by atoms with E-state index in [1.54, 1.807) is 10.6 Å². The van der Waals surface area contributed by atoms with E-state index in [4.69, 9.17) is 0 Å². The van der Waals surface area contributed by atoms with Gasteiger partial charge in [-0.25, -0.2) is 0 Å². The van der Waals surface area contributed by atoms with Crippen LogP contribution in [0.4, 0.5) is 5.69 Å². The third kappa shape index (κ3) is 4.26. The van der Waals surface area contributed by atoms with Crippen LogP contribution in [0.25, 0.3) is 16.7 Å². The van der Waals surface area contributed by atoms with Crippen LogP contribution in [-0.4, -0.2) is 25.1 Å². The average Bonchev–Trinajstić information content (AvgIpc) is 3.31. The summed E-state index contributed by atoms with van der Waals surface area (Å²) < 4.78 is 3.51. The largest absolute Gasteiger partial charge is 0.377 e. The molecule has 0 spiro atoms. The monoisotopic (exact) mass is 466 g/mol. The van der Waals surface area contributed by atoms with Gasteiger partial charge in [0.2, 0.25) is 5.78 Å². The summed E-state index contributed by atoms with van der Waals surface area (Å²) in [6, 6.07) is 22.9. The Hall–Kier alpha value is -4.46. The van der Waals surface area contributed by atoms with Crippen molar-refractivity contribution in [1.82, 2.24) is 24.5 Å². The first kappa shape index (κ1) is 22.3. The third-order valence-electron chi connectivity index (χ3n) is 6.07. The molecule has 8 heteroatoms. The molecule has 35 heavy (non-hydrogen) atoms. The number of aryl methyl sites for hydroxylation is 2. The highest BCUT2D eigenvalue weighted by atomic mass is 16.1. The Morgan fingerprint density at radius 3 is 2.46 bits per heavy atom. The van der Waals surface area contributed by atoms with Gasteiger partial charge in [-0.2, -0.15) is 0 Å². The smallest absolute Gasteiger partial charge is 0.262 e. The third-order valence-corrected chi connectivity index (χ3v) is 6.07. The molecule has 0 saturated heterocycles. The van der Waals surface area contributed by atoms with Crippen molar-refractivity contribution in [1.29, 1.82) is 0 Å². The summed E-state index contributed by atoms with van der Waals surface area (Å²) in [6.07, 6.45) is 0. The van der Waals surface area contributed by atoms with Gasteiger partial charge in [-0.05, 0) is 43.7 Å². The van der Waals surface area contributed by atoms with Crippen molar-refractivity contribution in [2.24, 2.45) is 0 Å². The molecule has 1 amide bonds. The van der Waals surface area contributed by atoms with Crippen LogP contribution in [-0.2, 0) is 19.6 Å². The van der Waals surface area contributed by atoms with E-state index in [-0.39, 0.29) is 11.5 Å². The van der Waals surface area contributed by atoms with Gasteiger partial charge in [-0.1, -0.05) is 54.1 Å². The maximum Gasteiger partial charge on any atom is 0.262 e. The molecule has 3 aromatic carbocycles. The van der Waals surface area contributed by atoms with Gasteiger partial charge >= 0.3 is 0 Å². The minimum atomic E-state index is -0.162. The summed E-state index contributed by atoms with van der Waals surface area (Å²) >= 11 is 0. The number of hydrogen-bond donors (Lipinski definition) is 2. The molecule has 8 nitrogen and oxygen atoms in total. The molecule has 0 aliphatic carbocycles. The topological polar surface area (TPSA) is 93.3 Å². The highest BCUT2D eigenvalue weighted by molar-refractivity contribution is 5.99. The zero-order chi connectivity index (χ0) is 24.4. The standard InChI is InChI=1S/C27H26N6O2/c1-3-32-26(35)21-9-5-7-11-23(21)33-24(30-31-27(32)33)17-28-22-10-6-4-8-20(22)25(34)29-16-19-14-12-18(2)13-15-19/h4-15,28H,3,16-17H2,1-2H3,(H,29,34). The summed E-state index contributed by atoms with van der Waals surface area (Å²) in [6.45, 7) is 5.21. The molecular formula is C27H26N6O2. The lowest BCUT2D eigenvalue weighted by atomic mass is 10.1. The van der Waals surface area contributed by atoms with E-state index in [9.17, 15) is 9.59 Å². The molecule has 2 heterocycles. The first-order valence-electron chi connectivity index (χ1n) is 11.6. The second-order valence-electron chi connectivity index (χ2n) is 8.39. The molecule has 2 aromatic heterocycles. The van der Waals surface area contributed by atoms with Crippen LogP contribution < -0.4 is 16.2 Å². The van der Waals surface area contributed by atoms with Gasteiger partial charge in [0.25, 0.3) is 11.5 Å². The van der Waals surface area contributed by atoms with Crippen LogP contribution in [0.3, 0.4) is 0 Å². The van der Waals surface area contributed by atoms with Gasteiger partial charge in [0.15, 0.2) is 5.82 Å². The maximum atomic E-state index is 13.0. The normalized spacial score (nSPS) is 11.1. The molecule has 0 bridgehead atoms. The molecule has 0 fully saturated rings.